The van der Waals surface area contributed by atoms with Crippen LogP contribution in [0.5, 0.6) is 5.75 Å². The molecule has 0 aliphatic heterocycles. The normalized spacial score (nSPS) is 11.5. The van der Waals surface area contributed by atoms with Crippen LogP contribution in [0.15, 0.2) is 41.3 Å². The van der Waals surface area contributed by atoms with Crippen molar-refractivity contribution in [1.82, 2.24) is 4.31 Å². The van der Waals surface area contributed by atoms with Gasteiger partial charge in [-0.25, -0.2) is 12.7 Å². The Balaban J connectivity index is 2.14. The van der Waals surface area contributed by atoms with Crippen molar-refractivity contribution in [3.63, 3.8) is 0 Å². The lowest BCUT2D eigenvalue weighted by Gasteiger charge is -2.15. The molecule has 26 heavy (non-hydrogen) atoms. The predicted octanol–water partition coefficient (Wildman–Crippen LogP) is 2.88. The number of ether oxygens (including phenoxy) is 1. The van der Waals surface area contributed by atoms with E-state index in [0.717, 1.165) is 21.0 Å². The number of nitrogens with zero attached hydrogens (tertiary/aromatic N) is 1. The van der Waals surface area contributed by atoms with Gasteiger partial charge < -0.3 is 10.1 Å². The molecular weight excluding hydrogens is 352 g/mol. The minimum absolute atomic E-state index is 0.124. The first-order valence-electron chi connectivity index (χ1n) is 8.15. The maximum Gasteiger partial charge on any atom is 0.262 e. The molecule has 2 aromatic rings. The van der Waals surface area contributed by atoms with E-state index in [1.807, 2.05) is 32.0 Å². The van der Waals surface area contributed by atoms with Crippen LogP contribution >= 0.6 is 0 Å². The molecule has 0 radical (unpaired) electrons. The minimum atomic E-state index is -3.57. The molecule has 0 bridgehead atoms. The smallest absolute Gasteiger partial charge is 0.262 e. The van der Waals surface area contributed by atoms with Crippen molar-refractivity contribution < 1.29 is 17.9 Å². The molecule has 0 saturated heterocycles. The van der Waals surface area contributed by atoms with E-state index in [4.69, 9.17) is 4.74 Å². The molecule has 0 aliphatic rings. The van der Waals surface area contributed by atoms with E-state index in [9.17, 15) is 13.2 Å². The van der Waals surface area contributed by atoms with E-state index in [1.165, 1.54) is 26.2 Å². The Morgan fingerprint density at radius 3 is 2.23 bits per heavy atom. The van der Waals surface area contributed by atoms with Gasteiger partial charge in [0.2, 0.25) is 10.0 Å². The summed E-state index contributed by atoms with van der Waals surface area (Å²) in [5.74, 6) is 0.332. The highest BCUT2D eigenvalue weighted by Crippen LogP contribution is 2.24. The van der Waals surface area contributed by atoms with Crippen molar-refractivity contribution >= 4 is 21.6 Å². The summed E-state index contributed by atoms with van der Waals surface area (Å²) in [5.41, 5.74) is 3.12. The summed E-state index contributed by atoms with van der Waals surface area (Å²) in [5, 5.41) is 2.72. The van der Waals surface area contributed by atoms with Crippen LogP contribution in [-0.4, -0.2) is 39.3 Å². The van der Waals surface area contributed by atoms with Gasteiger partial charge in [0.1, 0.15) is 5.75 Å². The quantitative estimate of drug-likeness (QED) is 0.841. The summed E-state index contributed by atoms with van der Waals surface area (Å²) in [6.45, 7) is 5.48. The van der Waals surface area contributed by atoms with Gasteiger partial charge in [-0.2, -0.15) is 0 Å². The Kier molecular flexibility index (Phi) is 6.05. The number of anilines is 1. The first-order valence-corrected chi connectivity index (χ1v) is 9.59. The number of aryl methyl sites for hydroxylation is 3. The molecule has 7 heteroatoms. The molecule has 0 aliphatic carbocycles. The fraction of sp³-hybridized carbons (Fsp3) is 0.316. The molecule has 0 saturated carbocycles. The summed E-state index contributed by atoms with van der Waals surface area (Å²) >= 11 is 0. The molecule has 0 aromatic heterocycles. The van der Waals surface area contributed by atoms with Crippen LogP contribution < -0.4 is 10.1 Å². The number of hydrogen-bond donors (Lipinski definition) is 1. The molecule has 1 amide bonds. The Labute approximate surface area is 154 Å². The number of rotatable bonds is 6. The van der Waals surface area contributed by atoms with Crippen LogP contribution in [0.1, 0.15) is 16.7 Å². The molecule has 0 spiro atoms. The number of nitrogens with one attached hydrogen (secondary N) is 1. The highest BCUT2D eigenvalue weighted by molar-refractivity contribution is 7.89. The van der Waals surface area contributed by atoms with Gasteiger partial charge in [0.25, 0.3) is 5.91 Å². The number of carbonyl (C=O) groups excluding carboxylic acids is 1. The number of para-hydroxylation sites is 1. The molecule has 140 valence electrons. The molecule has 2 aromatic carbocycles. The van der Waals surface area contributed by atoms with Crippen molar-refractivity contribution in [2.24, 2.45) is 0 Å². The van der Waals surface area contributed by atoms with Crippen molar-refractivity contribution in [3.8, 4) is 5.75 Å². The molecule has 6 nitrogen and oxygen atoms in total. The third-order valence-electron chi connectivity index (χ3n) is 4.02. The van der Waals surface area contributed by atoms with Crippen molar-refractivity contribution in [1.29, 1.82) is 0 Å². The van der Waals surface area contributed by atoms with Crippen molar-refractivity contribution in [2.75, 3.05) is 26.0 Å². The van der Waals surface area contributed by atoms with Crippen LogP contribution in [0, 0.1) is 20.8 Å². The van der Waals surface area contributed by atoms with E-state index >= 15 is 0 Å². The van der Waals surface area contributed by atoms with Crippen LogP contribution in [0.3, 0.4) is 0 Å². The summed E-state index contributed by atoms with van der Waals surface area (Å²) in [6.07, 6.45) is 0. The fourth-order valence-electron chi connectivity index (χ4n) is 2.46. The van der Waals surface area contributed by atoms with E-state index < -0.39 is 10.0 Å². The van der Waals surface area contributed by atoms with Gasteiger partial charge in [-0.3, -0.25) is 4.79 Å². The molecule has 0 heterocycles. The second-order valence-corrected chi connectivity index (χ2v) is 8.47. The zero-order valence-electron chi connectivity index (χ0n) is 15.7. The maximum atomic E-state index is 12.3. The van der Waals surface area contributed by atoms with Crippen LogP contribution in [0.2, 0.25) is 0 Å². The van der Waals surface area contributed by atoms with Crippen LogP contribution in [-0.2, 0) is 14.8 Å². The summed E-state index contributed by atoms with van der Waals surface area (Å²) in [6, 6.07) is 10.4. The summed E-state index contributed by atoms with van der Waals surface area (Å²) in [4.78, 5) is 12.4. The Bertz CT molecular complexity index is 901. The van der Waals surface area contributed by atoms with Crippen LogP contribution in [0.4, 0.5) is 5.69 Å². The Morgan fingerprint density at radius 1 is 1.04 bits per heavy atom. The lowest BCUT2D eigenvalue weighted by atomic mass is 10.1. The third-order valence-corrected chi connectivity index (χ3v) is 5.83. The van der Waals surface area contributed by atoms with Gasteiger partial charge in [0.15, 0.2) is 6.61 Å². The van der Waals surface area contributed by atoms with Gasteiger partial charge in [-0.05, 0) is 49.6 Å². The van der Waals surface area contributed by atoms with E-state index in [2.05, 4.69) is 5.32 Å². The highest BCUT2D eigenvalue weighted by Gasteiger charge is 2.19. The molecule has 0 unspecified atom stereocenters. The Morgan fingerprint density at radius 2 is 1.65 bits per heavy atom. The van der Waals surface area contributed by atoms with Crippen molar-refractivity contribution in [2.45, 2.75) is 25.7 Å². The zero-order valence-corrected chi connectivity index (χ0v) is 16.5. The number of benzene rings is 2. The summed E-state index contributed by atoms with van der Waals surface area (Å²) in [7, 11) is -0.639. The first kappa shape index (κ1) is 19.9. The Hall–Kier alpha value is -2.38. The maximum absolute atomic E-state index is 12.3. The number of hydrogen-bond acceptors (Lipinski definition) is 4. The topological polar surface area (TPSA) is 75.7 Å². The van der Waals surface area contributed by atoms with E-state index in [0.29, 0.717) is 11.4 Å². The minimum Gasteiger partial charge on any atom is -0.483 e. The molecule has 2 rings (SSSR count). The summed E-state index contributed by atoms with van der Waals surface area (Å²) < 4.78 is 31.3. The fourth-order valence-corrected chi connectivity index (χ4v) is 3.39. The lowest BCUT2D eigenvalue weighted by Crippen LogP contribution is -2.23. The largest absolute Gasteiger partial charge is 0.483 e. The predicted molar refractivity (Wildman–Crippen MR) is 102 cm³/mol. The van der Waals surface area contributed by atoms with E-state index in [-0.39, 0.29) is 17.4 Å². The number of carbonyl (C=O) groups is 1. The monoisotopic (exact) mass is 376 g/mol. The van der Waals surface area contributed by atoms with Crippen molar-refractivity contribution in [3.05, 3.63) is 53.1 Å². The standard InChI is InChI=1S/C19H24N2O4S/c1-13-9-10-16(26(23,24)21(4)5)11-17(13)20-18(22)12-25-19-14(2)7-6-8-15(19)3/h6-11H,12H2,1-5H3,(H,20,22). The molecule has 0 atom stereocenters. The zero-order chi connectivity index (χ0) is 19.5. The van der Waals surface area contributed by atoms with Gasteiger partial charge in [-0.1, -0.05) is 24.3 Å². The number of amides is 1. The van der Waals surface area contributed by atoms with Gasteiger partial charge in [0, 0.05) is 19.8 Å². The second-order valence-electron chi connectivity index (χ2n) is 6.32. The van der Waals surface area contributed by atoms with Gasteiger partial charge >= 0.3 is 0 Å². The van der Waals surface area contributed by atoms with Crippen LogP contribution in [0.25, 0.3) is 0 Å². The third kappa shape index (κ3) is 4.42. The first-order chi connectivity index (χ1) is 12.1. The number of sulfonamides is 1. The second kappa shape index (κ2) is 7.88. The molecule has 1 N–H and O–H groups in total. The lowest BCUT2D eigenvalue weighted by molar-refractivity contribution is -0.118. The highest BCUT2D eigenvalue weighted by atomic mass is 32.2. The molecule has 0 fully saturated rings. The van der Waals surface area contributed by atoms with E-state index in [1.54, 1.807) is 13.0 Å². The van der Waals surface area contributed by atoms with Gasteiger partial charge in [0.05, 0.1) is 4.90 Å². The van der Waals surface area contributed by atoms with Gasteiger partial charge in [-0.15, -0.1) is 0 Å². The molecular formula is C19H24N2O4S. The average Bonchev–Trinajstić information content (AvgIpc) is 2.56. The average molecular weight is 376 g/mol. The SMILES string of the molecule is Cc1ccc(S(=O)(=O)N(C)C)cc1NC(=O)COc1c(C)cccc1C.